The summed E-state index contributed by atoms with van der Waals surface area (Å²) in [6.45, 7) is 2.16. The summed E-state index contributed by atoms with van der Waals surface area (Å²) in [6.07, 6.45) is 6.83. The van der Waals surface area contributed by atoms with Gasteiger partial charge in [-0.25, -0.2) is 4.79 Å². The molecule has 22 heavy (non-hydrogen) atoms. The Balaban J connectivity index is 2.62. The Labute approximate surface area is 130 Å². The first-order valence-corrected chi connectivity index (χ1v) is 7.75. The van der Waals surface area contributed by atoms with Gasteiger partial charge in [-0.1, -0.05) is 39.0 Å². The van der Waals surface area contributed by atoms with E-state index in [-0.39, 0.29) is 17.4 Å². The van der Waals surface area contributed by atoms with Crippen molar-refractivity contribution in [3.8, 4) is 0 Å². The van der Waals surface area contributed by atoms with Crippen LogP contribution in [-0.2, 0) is 18.9 Å². The third-order valence-corrected chi connectivity index (χ3v) is 3.73. The zero-order valence-corrected chi connectivity index (χ0v) is 13.6. The summed E-state index contributed by atoms with van der Waals surface area (Å²) in [5.74, 6) is -0.276. The minimum atomic E-state index is -0.586. The summed E-state index contributed by atoms with van der Waals surface area (Å²) in [6, 6.07) is 0. The number of aromatic nitrogens is 2. The molecule has 0 fully saturated rings. The maximum atomic E-state index is 12.0. The van der Waals surface area contributed by atoms with E-state index in [9.17, 15) is 14.4 Å². The summed E-state index contributed by atoms with van der Waals surface area (Å²) in [5, 5.41) is 2.53. The molecule has 1 aromatic heterocycles. The highest BCUT2D eigenvalue weighted by Crippen LogP contribution is 2.11. The third-order valence-electron chi connectivity index (χ3n) is 3.73. The number of nitrogens with two attached hydrogens (primary N) is 1. The predicted octanol–water partition coefficient (Wildman–Crippen LogP) is 1.36. The smallest absolute Gasteiger partial charge is 0.332 e. The van der Waals surface area contributed by atoms with Gasteiger partial charge >= 0.3 is 5.69 Å². The summed E-state index contributed by atoms with van der Waals surface area (Å²) in [4.78, 5) is 35.6. The zero-order chi connectivity index (χ0) is 16.7. The van der Waals surface area contributed by atoms with Crippen molar-refractivity contribution in [1.82, 2.24) is 9.13 Å². The van der Waals surface area contributed by atoms with Gasteiger partial charge in [0.25, 0.3) is 5.56 Å². The number of carbonyl (C=O) groups excluding carboxylic acids is 1. The van der Waals surface area contributed by atoms with E-state index in [1.54, 1.807) is 0 Å². The van der Waals surface area contributed by atoms with Gasteiger partial charge in [-0.3, -0.25) is 18.7 Å². The molecular weight excluding hydrogens is 284 g/mol. The van der Waals surface area contributed by atoms with E-state index in [4.69, 9.17) is 5.73 Å². The number of nitrogen functional groups attached to an aromatic ring is 1. The number of hydrogen-bond donors (Lipinski definition) is 2. The molecule has 1 rings (SSSR count). The molecule has 1 aromatic rings. The number of rotatable bonds is 8. The molecule has 0 saturated carbocycles. The van der Waals surface area contributed by atoms with Crippen LogP contribution < -0.4 is 22.3 Å². The molecule has 0 atom stereocenters. The fraction of sp³-hybridized carbons (Fsp3) is 0.667. The summed E-state index contributed by atoms with van der Waals surface area (Å²) in [7, 11) is 2.81. The topological polar surface area (TPSA) is 99.1 Å². The largest absolute Gasteiger partial charge is 0.383 e. The van der Waals surface area contributed by atoms with E-state index in [0.717, 1.165) is 28.4 Å². The van der Waals surface area contributed by atoms with Gasteiger partial charge in [0.05, 0.1) is 0 Å². The van der Waals surface area contributed by atoms with Crippen LogP contribution >= 0.6 is 0 Å². The lowest BCUT2D eigenvalue weighted by Crippen LogP contribution is -2.40. The van der Waals surface area contributed by atoms with Crippen molar-refractivity contribution in [2.75, 3.05) is 11.1 Å². The Morgan fingerprint density at radius 3 is 2.27 bits per heavy atom. The molecule has 0 saturated heterocycles. The molecule has 0 aliphatic heterocycles. The van der Waals surface area contributed by atoms with Crippen LogP contribution in [0.25, 0.3) is 0 Å². The summed E-state index contributed by atoms with van der Waals surface area (Å²) >= 11 is 0. The number of hydrogen-bond acceptors (Lipinski definition) is 4. The normalized spacial score (nSPS) is 10.7. The lowest BCUT2D eigenvalue weighted by molar-refractivity contribution is -0.116. The number of amides is 1. The number of unbranched alkanes of at least 4 members (excludes halogenated alkanes) is 5. The van der Waals surface area contributed by atoms with Gasteiger partial charge in [0, 0.05) is 20.5 Å². The molecule has 0 bridgehead atoms. The van der Waals surface area contributed by atoms with Crippen LogP contribution in [0.2, 0.25) is 0 Å². The van der Waals surface area contributed by atoms with Crippen molar-refractivity contribution >= 4 is 17.4 Å². The van der Waals surface area contributed by atoms with Crippen LogP contribution in [0.3, 0.4) is 0 Å². The maximum Gasteiger partial charge on any atom is 0.332 e. The monoisotopic (exact) mass is 310 g/mol. The average molecular weight is 310 g/mol. The van der Waals surface area contributed by atoms with Gasteiger partial charge in [0.1, 0.15) is 11.5 Å². The zero-order valence-electron chi connectivity index (χ0n) is 13.6. The Kier molecular flexibility index (Phi) is 6.88. The van der Waals surface area contributed by atoms with Gasteiger partial charge in [0.2, 0.25) is 5.91 Å². The summed E-state index contributed by atoms with van der Waals surface area (Å²) in [5.41, 5.74) is 4.62. The van der Waals surface area contributed by atoms with E-state index >= 15 is 0 Å². The Morgan fingerprint density at radius 2 is 1.64 bits per heavy atom. The molecule has 124 valence electrons. The Hall–Kier alpha value is -2.05. The van der Waals surface area contributed by atoms with E-state index in [0.29, 0.717) is 6.42 Å². The molecule has 0 aromatic carbocycles. The highest BCUT2D eigenvalue weighted by molar-refractivity contribution is 5.92. The van der Waals surface area contributed by atoms with Crippen LogP contribution in [0.5, 0.6) is 0 Å². The lowest BCUT2D eigenvalue weighted by Gasteiger charge is -2.12. The number of nitrogens with zero attached hydrogens (tertiary/aromatic N) is 2. The minimum Gasteiger partial charge on any atom is -0.383 e. The fourth-order valence-electron chi connectivity index (χ4n) is 2.25. The lowest BCUT2D eigenvalue weighted by atomic mass is 10.1. The highest BCUT2D eigenvalue weighted by atomic mass is 16.2. The molecule has 3 N–H and O–H groups in total. The van der Waals surface area contributed by atoms with Gasteiger partial charge in [0.15, 0.2) is 0 Å². The number of nitrogens with one attached hydrogen (secondary N) is 1. The quantitative estimate of drug-likeness (QED) is 0.708. The minimum absolute atomic E-state index is 0.0237. The molecular formula is C15H26N4O3. The molecule has 0 unspecified atom stereocenters. The molecule has 0 radical (unpaired) electrons. The molecule has 7 nitrogen and oxygen atoms in total. The van der Waals surface area contributed by atoms with E-state index in [1.807, 2.05) is 0 Å². The second kappa shape index (κ2) is 8.41. The van der Waals surface area contributed by atoms with Gasteiger partial charge in [-0.2, -0.15) is 0 Å². The molecule has 0 aliphatic rings. The van der Waals surface area contributed by atoms with Crippen molar-refractivity contribution in [3.05, 3.63) is 20.8 Å². The first kappa shape index (κ1) is 18.0. The first-order chi connectivity index (χ1) is 10.4. The SMILES string of the molecule is CCCCCCCCC(=O)Nc1c(N)n(C)c(=O)n(C)c1=O. The summed E-state index contributed by atoms with van der Waals surface area (Å²) < 4.78 is 2.07. The Morgan fingerprint density at radius 1 is 1.05 bits per heavy atom. The van der Waals surface area contributed by atoms with E-state index in [2.05, 4.69) is 12.2 Å². The van der Waals surface area contributed by atoms with Crippen molar-refractivity contribution in [3.63, 3.8) is 0 Å². The van der Waals surface area contributed by atoms with Gasteiger partial charge in [-0.05, 0) is 6.42 Å². The van der Waals surface area contributed by atoms with Crippen LogP contribution in [0.4, 0.5) is 11.5 Å². The van der Waals surface area contributed by atoms with Crippen LogP contribution in [0.1, 0.15) is 51.9 Å². The number of carbonyl (C=O) groups is 1. The van der Waals surface area contributed by atoms with Crippen molar-refractivity contribution in [2.24, 2.45) is 14.1 Å². The first-order valence-electron chi connectivity index (χ1n) is 7.75. The van der Waals surface area contributed by atoms with Gasteiger partial charge < -0.3 is 11.1 Å². The second-order valence-corrected chi connectivity index (χ2v) is 5.53. The molecule has 1 amide bonds. The maximum absolute atomic E-state index is 12.0. The second-order valence-electron chi connectivity index (χ2n) is 5.53. The third kappa shape index (κ3) is 4.47. The van der Waals surface area contributed by atoms with Crippen molar-refractivity contribution < 1.29 is 4.79 Å². The van der Waals surface area contributed by atoms with Gasteiger partial charge in [-0.15, -0.1) is 0 Å². The molecule has 0 spiro atoms. The van der Waals surface area contributed by atoms with Crippen molar-refractivity contribution in [2.45, 2.75) is 51.9 Å². The standard InChI is InChI=1S/C15H26N4O3/c1-4-5-6-7-8-9-10-11(20)17-12-13(16)18(2)15(22)19(3)14(12)21/h4-10,16H2,1-3H3,(H,17,20). The molecule has 7 heteroatoms. The van der Waals surface area contributed by atoms with E-state index < -0.39 is 11.2 Å². The predicted molar refractivity (Wildman–Crippen MR) is 88.0 cm³/mol. The van der Waals surface area contributed by atoms with Crippen molar-refractivity contribution in [1.29, 1.82) is 0 Å². The highest BCUT2D eigenvalue weighted by Gasteiger charge is 2.15. The van der Waals surface area contributed by atoms with Crippen LogP contribution in [0.15, 0.2) is 9.59 Å². The Bertz CT molecular complexity index is 631. The van der Waals surface area contributed by atoms with Crippen LogP contribution in [0, 0.1) is 0 Å². The average Bonchev–Trinajstić information content (AvgIpc) is 2.51. The number of anilines is 2. The van der Waals surface area contributed by atoms with Crippen LogP contribution in [-0.4, -0.2) is 15.0 Å². The molecule has 1 heterocycles. The fourth-order valence-corrected chi connectivity index (χ4v) is 2.25. The van der Waals surface area contributed by atoms with E-state index in [1.165, 1.54) is 33.4 Å². The molecule has 0 aliphatic carbocycles.